The van der Waals surface area contributed by atoms with Gasteiger partial charge >= 0.3 is 0 Å². The van der Waals surface area contributed by atoms with Crippen molar-refractivity contribution in [2.75, 3.05) is 34.3 Å². The molecule has 0 saturated heterocycles. The number of benzene rings is 1. The second-order valence-electron chi connectivity index (χ2n) is 6.32. The molecule has 4 heteroatoms. The molecule has 1 saturated carbocycles. The molecule has 0 heterocycles. The molecule has 118 valence electrons. The molecule has 0 spiro atoms. The van der Waals surface area contributed by atoms with Crippen molar-refractivity contribution in [2.45, 2.75) is 37.3 Å². The average Bonchev–Trinajstić information content (AvgIpc) is 2.90. The predicted molar refractivity (Wildman–Crippen MR) is 85.7 cm³/mol. The molecule has 1 aromatic carbocycles. The molecule has 4 nitrogen and oxygen atoms in total. The van der Waals surface area contributed by atoms with Crippen molar-refractivity contribution in [1.29, 1.82) is 0 Å². The Morgan fingerprint density at radius 1 is 1.33 bits per heavy atom. The largest absolute Gasteiger partial charge is 0.497 e. The van der Waals surface area contributed by atoms with Crippen molar-refractivity contribution >= 4 is 0 Å². The summed E-state index contributed by atoms with van der Waals surface area (Å²) in [6.07, 6.45) is 4.13. The molecule has 1 unspecified atom stereocenters. The Bertz CT molecular complexity index is 442. The Hall–Kier alpha value is -1.10. The number of ether oxygens (including phenoxy) is 1. The van der Waals surface area contributed by atoms with Crippen LogP contribution in [0.25, 0.3) is 0 Å². The summed E-state index contributed by atoms with van der Waals surface area (Å²) in [5, 5.41) is 13.9. The van der Waals surface area contributed by atoms with Gasteiger partial charge in [0.2, 0.25) is 0 Å². The molecule has 21 heavy (non-hydrogen) atoms. The first-order chi connectivity index (χ1) is 10.0. The quantitative estimate of drug-likeness (QED) is 0.808. The Kier molecular flexibility index (Phi) is 5.62. The van der Waals surface area contributed by atoms with Gasteiger partial charge in [0, 0.05) is 19.1 Å². The van der Waals surface area contributed by atoms with E-state index in [1.54, 1.807) is 7.11 Å². The minimum absolute atomic E-state index is 0.269. The molecule has 1 aliphatic rings. The van der Waals surface area contributed by atoms with Crippen molar-refractivity contribution < 1.29 is 9.84 Å². The van der Waals surface area contributed by atoms with Gasteiger partial charge in [-0.15, -0.1) is 0 Å². The molecular weight excluding hydrogens is 264 g/mol. The Morgan fingerprint density at radius 2 is 2.05 bits per heavy atom. The van der Waals surface area contributed by atoms with Crippen LogP contribution in [-0.4, -0.2) is 49.9 Å². The van der Waals surface area contributed by atoms with Crippen molar-refractivity contribution in [3.05, 3.63) is 29.8 Å². The molecule has 0 radical (unpaired) electrons. The van der Waals surface area contributed by atoms with Gasteiger partial charge in [-0.3, -0.25) is 0 Å². The van der Waals surface area contributed by atoms with E-state index in [9.17, 15) is 5.11 Å². The van der Waals surface area contributed by atoms with Gasteiger partial charge in [-0.1, -0.05) is 25.0 Å². The lowest BCUT2D eigenvalue weighted by molar-refractivity contribution is 0.0462. The van der Waals surface area contributed by atoms with Crippen LogP contribution >= 0.6 is 0 Å². The van der Waals surface area contributed by atoms with Crippen molar-refractivity contribution in [2.24, 2.45) is 0 Å². The highest BCUT2D eigenvalue weighted by Crippen LogP contribution is 2.29. The van der Waals surface area contributed by atoms with Gasteiger partial charge in [0.1, 0.15) is 5.75 Å². The van der Waals surface area contributed by atoms with Crippen LogP contribution in [0.1, 0.15) is 37.3 Å². The lowest BCUT2D eigenvalue weighted by atomic mass is 10.0. The number of aliphatic hydroxyl groups is 1. The zero-order valence-corrected chi connectivity index (χ0v) is 13.4. The molecule has 0 amide bonds. The number of methoxy groups -OCH3 is 1. The summed E-state index contributed by atoms with van der Waals surface area (Å²) in [6, 6.07) is 8.46. The van der Waals surface area contributed by atoms with Gasteiger partial charge < -0.3 is 20.1 Å². The van der Waals surface area contributed by atoms with Crippen LogP contribution in [0.5, 0.6) is 5.75 Å². The highest BCUT2D eigenvalue weighted by molar-refractivity contribution is 5.30. The van der Waals surface area contributed by atoms with E-state index < -0.39 is 5.60 Å². The summed E-state index contributed by atoms with van der Waals surface area (Å²) in [5.41, 5.74) is 0.732. The SMILES string of the molecule is COc1cccc(C(CNCC2(O)CCCC2)N(C)C)c1. The molecule has 0 aliphatic heterocycles. The Balaban J connectivity index is 1.95. The maximum atomic E-state index is 10.4. The molecule has 2 rings (SSSR count). The third-order valence-corrected chi connectivity index (χ3v) is 4.43. The highest BCUT2D eigenvalue weighted by Gasteiger charge is 2.30. The first-order valence-electron chi connectivity index (χ1n) is 7.77. The van der Waals surface area contributed by atoms with Gasteiger partial charge in [-0.2, -0.15) is 0 Å². The minimum atomic E-state index is -0.495. The van der Waals surface area contributed by atoms with E-state index in [4.69, 9.17) is 4.74 Å². The number of likely N-dealkylation sites (N-methyl/N-ethyl adjacent to an activating group) is 1. The molecule has 1 aromatic rings. The Morgan fingerprint density at radius 3 is 2.67 bits per heavy atom. The normalized spacial score (nSPS) is 18.9. The van der Waals surface area contributed by atoms with E-state index in [0.717, 1.165) is 38.0 Å². The maximum absolute atomic E-state index is 10.4. The summed E-state index contributed by atoms with van der Waals surface area (Å²) in [5.74, 6) is 0.883. The van der Waals surface area contributed by atoms with Gasteiger partial charge in [0.05, 0.1) is 12.7 Å². The molecule has 0 bridgehead atoms. The van der Waals surface area contributed by atoms with E-state index in [-0.39, 0.29) is 6.04 Å². The molecule has 0 aromatic heterocycles. The van der Waals surface area contributed by atoms with Gasteiger partial charge in [-0.05, 0) is 44.6 Å². The van der Waals surface area contributed by atoms with Gasteiger partial charge in [0.15, 0.2) is 0 Å². The average molecular weight is 292 g/mol. The van der Waals surface area contributed by atoms with Crippen LogP contribution in [0.4, 0.5) is 0 Å². The standard InChI is InChI=1S/C17H28N2O2/c1-19(2)16(14-7-6-8-15(11-14)21-3)12-18-13-17(20)9-4-5-10-17/h6-8,11,16,18,20H,4-5,9-10,12-13H2,1-3H3. The summed E-state index contributed by atoms with van der Waals surface area (Å²) >= 11 is 0. The first kappa shape index (κ1) is 16.3. The van der Waals surface area contributed by atoms with Crippen LogP contribution in [0.2, 0.25) is 0 Å². The molecular formula is C17H28N2O2. The number of hydrogen-bond donors (Lipinski definition) is 2. The summed E-state index contributed by atoms with van der Waals surface area (Å²) in [4.78, 5) is 2.19. The first-order valence-corrected chi connectivity index (χ1v) is 7.77. The van der Waals surface area contributed by atoms with Crippen LogP contribution in [-0.2, 0) is 0 Å². The fraction of sp³-hybridized carbons (Fsp3) is 0.647. The lowest BCUT2D eigenvalue weighted by Gasteiger charge is -2.28. The lowest BCUT2D eigenvalue weighted by Crippen LogP contribution is -2.41. The summed E-state index contributed by atoms with van der Waals surface area (Å²) < 4.78 is 5.31. The van der Waals surface area contributed by atoms with E-state index in [0.29, 0.717) is 6.54 Å². The summed E-state index contributed by atoms with van der Waals surface area (Å²) in [7, 11) is 5.85. The second-order valence-corrected chi connectivity index (χ2v) is 6.32. The van der Waals surface area contributed by atoms with Gasteiger partial charge in [0.25, 0.3) is 0 Å². The second kappa shape index (κ2) is 7.25. The van der Waals surface area contributed by atoms with E-state index in [1.807, 2.05) is 12.1 Å². The van der Waals surface area contributed by atoms with Crippen LogP contribution in [0.3, 0.4) is 0 Å². The van der Waals surface area contributed by atoms with Crippen molar-refractivity contribution in [3.63, 3.8) is 0 Å². The van der Waals surface area contributed by atoms with Crippen LogP contribution in [0.15, 0.2) is 24.3 Å². The van der Waals surface area contributed by atoms with Crippen LogP contribution < -0.4 is 10.1 Å². The zero-order valence-electron chi connectivity index (χ0n) is 13.4. The van der Waals surface area contributed by atoms with E-state index in [2.05, 4.69) is 36.4 Å². The number of nitrogens with one attached hydrogen (secondary N) is 1. The van der Waals surface area contributed by atoms with Gasteiger partial charge in [-0.25, -0.2) is 0 Å². The smallest absolute Gasteiger partial charge is 0.119 e. The highest BCUT2D eigenvalue weighted by atomic mass is 16.5. The number of hydrogen-bond acceptors (Lipinski definition) is 4. The molecule has 1 atom stereocenters. The van der Waals surface area contributed by atoms with E-state index in [1.165, 1.54) is 5.56 Å². The third kappa shape index (κ3) is 4.43. The fourth-order valence-corrected chi connectivity index (χ4v) is 3.10. The fourth-order valence-electron chi connectivity index (χ4n) is 3.10. The van der Waals surface area contributed by atoms with Crippen molar-refractivity contribution in [1.82, 2.24) is 10.2 Å². The number of nitrogens with zero attached hydrogens (tertiary/aromatic N) is 1. The minimum Gasteiger partial charge on any atom is -0.497 e. The zero-order chi connectivity index (χ0) is 15.3. The monoisotopic (exact) mass is 292 g/mol. The van der Waals surface area contributed by atoms with Crippen LogP contribution in [0, 0.1) is 0 Å². The predicted octanol–water partition coefficient (Wildman–Crippen LogP) is 2.19. The molecule has 2 N–H and O–H groups in total. The number of rotatable bonds is 7. The summed E-state index contributed by atoms with van der Waals surface area (Å²) in [6.45, 7) is 1.50. The Labute approximate surface area is 128 Å². The maximum Gasteiger partial charge on any atom is 0.119 e. The van der Waals surface area contributed by atoms with E-state index >= 15 is 0 Å². The van der Waals surface area contributed by atoms with Crippen molar-refractivity contribution in [3.8, 4) is 5.75 Å². The molecule has 1 aliphatic carbocycles. The third-order valence-electron chi connectivity index (χ3n) is 4.43. The molecule has 1 fully saturated rings. The topological polar surface area (TPSA) is 44.7 Å².